The number of ether oxygens (including phenoxy) is 2. The number of hydrogen-bond acceptors (Lipinski definition) is 5. The smallest absolute Gasteiger partial charge is 0.295 e. The highest BCUT2D eigenvalue weighted by molar-refractivity contribution is 6.47. The molecule has 0 aliphatic carbocycles. The molecule has 0 spiro atoms. The van der Waals surface area contributed by atoms with Gasteiger partial charge in [0, 0.05) is 17.1 Å². The van der Waals surface area contributed by atoms with Gasteiger partial charge in [-0.05, 0) is 42.7 Å². The minimum atomic E-state index is -0.815. The number of carbonyl (C=O) groups excluding carboxylic acids is 2. The van der Waals surface area contributed by atoms with Gasteiger partial charge in [0.2, 0.25) is 0 Å². The van der Waals surface area contributed by atoms with E-state index in [-0.39, 0.29) is 17.9 Å². The Balaban J connectivity index is 1.75. The summed E-state index contributed by atoms with van der Waals surface area (Å²) < 4.78 is 10.7. The number of carbonyl (C=O) groups is 2. The molecule has 1 atom stereocenters. The third-order valence-corrected chi connectivity index (χ3v) is 6.50. The summed E-state index contributed by atoms with van der Waals surface area (Å²) in [5.74, 6) is -0.453. The largest absolute Gasteiger partial charge is 0.507 e. The Labute approximate surface area is 209 Å². The van der Waals surface area contributed by atoms with Gasteiger partial charge >= 0.3 is 0 Å². The number of amides is 1. The van der Waals surface area contributed by atoms with Crippen LogP contribution in [0.3, 0.4) is 0 Å². The predicted octanol–water partition coefficient (Wildman–Crippen LogP) is 5.33. The van der Waals surface area contributed by atoms with Crippen LogP contribution in [0.15, 0.2) is 72.3 Å². The summed E-state index contributed by atoms with van der Waals surface area (Å²) in [6.07, 6.45) is 0.457. The number of likely N-dealkylation sites (tertiary alicyclic amines) is 1. The van der Waals surface area contributed by atoms with Gasteiger partial charge in [0.25, 0.3) is 11.7 Å². The number of hydrogen-bond donors (Lipinski definition) is 1. The van der Waals surface area contributed by atoms with Crippen molar-refractivity contribution in [2.75, 3.05) is 20.8 Å². The van der Waals surface area contributed by atoms with E-state index in [9.17, 15) is 14.7 Å². The average Bonchev–Trinajstić information content (AvgIpc) is 3.12. The first-order chi connectivity index (χ1) is 16.8. The Hall–Kier alpha value is -3.77. The second kappa shape index (κ2) is 10.2. The van der Waals surface area contributed by atoms with Gasteiger partial charge in [-0.25, -0.2) is 0 Å². The highest BCUT2D eigenvalue weighted by atomic mass is 35.5. The number of nitrogens with zero attached hydrogens (tertiary/aromatic N) is 1. The molecule has 3 aromatic rings. The molecule has 6 nitrogen and oxygen atoms in total. The zero-order valence-electron chi connectivity index (χ0n) is 19.7. The number of halogens is 1. The molecule has 0 bridgehead atoms. The van der Waals surface area contributed by atoms with E-state index < -0.39 is 17.7 Å². The summed E-state index contributed by atoms with van der Waals surface area (Å²) in [6.45, 7) is 2.17. The summed E-state index contributed by atoms with van der Waals surface area (Å²) in [5, 5.41) is 11.6. The van der Waals surface area contributed by atoms with E-state index >= 15 is 0 Å². The second-order valence-electron chi connectivity index (χ2n) is 8.32. The fourth-order valence-electron chi connectivity index (χ4n) is 4.28. The highest BCUT2D eigenvalue weighted by Gasteiger charge is 2.46. The van der Waals surface area contributed by atoms with E-state index in [1.807, 2.05) is 31.2 Å². The van der Waals surface area contributed by atoms with Gasteiger partial charge in [-0.1, -0.05) is 65.7 Å². The Morgan fingerprint density at radius 3 is 2.31 bits per heavy atom. The molecular weight excluding hydrogens is 466 g/mol. The van der Waals surface area contributed by atoms with Gasteiger partial charge < -0.3 is 19.5 Å². The number of benzene rings is 3. The Morgan fingerprint density at radius 2 is 1.66 bits per heavy atom. The molecule has 1 saturated heterocycles. The molecule has 1 unspecified atom stereocenters. The average molecular weight is 492 g/mol. The third-order valence-electron chi connectivity index (χ3n) is 6.15. The van der Waals surface area contributed by atoms with Gasteiger partial charge in [-0.2, -0.15) is 0 Å². The van der Waals surface area contributed by atoms with Gasteiger partial charge in [-0.3, -0.25) is 9.59 Å². The van der Waals surface area contributed by atoms with Crippen molar-refractivity contribution in [1.82, 2.24) is 4.90 Å². The SMILES string of the molecule is COc1ccc(CCN2C(=O)C(=O)/C(=C(\O)c3ccc(C)cc3)C2c2ccccc2Cl)cc1OC. The maximum absolute atomic E-state index is 13.2. The van der Waals surface area contributed by atoms with Crippen molar-refractivity contribution in [1.29, 1.82) is 0 Å². The van der Waals surface area contributed by atoms with Crippen LogP contribution in [0.1, 0.15) is 28.3 Å². The molecule has 1 N–H and O–H groups in total. The van der Waals surface area contributed by atoms with Crippen molar-refractivity contribution >= 4 is 29.1 Å². The van der Waals surface area contributed by atoms with Gasteiger partial charge in [0.15, 0.2) is 11.5 Å². The maximum Gasteiger partial charge on any atom is 0.295 e. The molecule has 1 fully saturated rings. The molecule has 0 radical (unpaired) electrons. The fourth-order valence-corrected chi connectivity index (χ4v) is 4.52. The second-order valence-corrected chi connectivity index (χ2v) is 8.73. The van der Waals surface area contributed by atoms with Crippen LogP contribution in [-0.2, 0) is 16.0 Å². The molecular formula is C28H26ClNO5. The third kappa shape index (κ3) is 4.75. The number of methoxy groups -OCH3 is 2. The van der Waals surface area contributed by atoms with Crippen LogP contribution >= 0.6 is 11.6 Å². The van der Waals surface area contributed by atoms with Crippen molar-refractivity contribution in [3.63, 3.8) is 0 Å². The van der Waals surface area contributed by atoms with E-state index in [0.717, 1.165) is 11.1 Å². The number of rotatable bonds is 7. The summed E-state index contributed by atoms with van der Waals surface area (Å²) in [4.78, 5) is 27.9. The minimum Gasteiger partial charge on any atom is -0.507 e. The molecule has 3 aromatic carbocycles. The van der Waals surface area contributed by atoms with Crippen LogP contribution in [0.4, 0.5) is 0 Å². The molecule has 1 aliphatic heterocycles. The minimum absolute atomic E-state index is 0.0271. The standard InChI is InChI=1S/C28H26ClNO5/c1-17-8-11-19(12-9-17)26(31)24-25(20-6-4-5-7-21(20)29)30(28(33)27(24)32)15-14-18-10-13-22(34-2)23(16-18)35-3/h4-13,16,25,31H,14-15H2,1-3H3/b26-24-. The molecule has 35 heavy (non-hydrogen) atoms. The molecule has 0 aromatic heterocycles. The zero-order valence-corrected chi connectivity index (χ0v) is 20.5. The van der Waals surface area contributed by atoms with Crippen molar-refractivity contribution in [2.24, 2.45) is 0 Å². The topological polar surface area (TPSA) is 76.1 Å². The summed E-state index contributed by atoms with van der Waals surface area (Å²) in [6, 6.07) is 18.9. The van der Waals surface area contributed by atoms with Gasteiger partial charge in [-0.15, -0.1) is 0 Å². The Morgan fingerprint density at radius 1 is 0.971 bits per heavy atom. The number of aliphatic hydroxyl groups excluding tert-OH is 1. The number of aliphatic hydroxyl groups is 1. The van der Waals surface area contributed by atoms with E-state index in [0.29, 0.717) is 34.1 Å². The molecule has 1 heterocycles. The van der Waals surface area contributed by atoms with Gasteiger partial charge in [0.05, 0.1) is 25.8 Å². The maximum atomic E-state index is 13.2. The lowest BCUT2D eigenvalue weighted by Crippen LogP contribution is -2.31. The summed E-state index contributed by atoms with van der Waals surface area (Å²) in [7, 11) is 3.12. The van der Waals surface area contributed by atoms with Crippen molar-refractivity contribution in [2.45, 2.75) is 19.4 Å². The zero-order chi connectivity index (χ0) is 25.1. The van der Waals surface area contributed by atoms with E-state index in [1.165, 1.54) is 4.90 Å². The van der Waals surface area contributed by atoms with Crippen molar-refractivity contribution in [3.05, 3.63) is 99.6 Å². The summed E-state index contributed by atoms with van der Waals surface area (Å²) in [5.41, 5.74) is 2.99. The molecule has 4 rings (SSSR count). The van der Waals surface area contributed by atoms with Crippen LogP contribution in [0, 0.1) is 6.92 Å². The van der Waals surface area contributed by atoms with Crippen LogP contribution in [0.5, 0.6) is 11.5 Å². The van der Waals surface area contributed by atoms with E-state index in [4.69, 9.17) is 21.1 Å². The lowest BCUT2D eigenvalue weighted by atomic mass is 9.95. The Bertz CT molecular complexity index is 1300. The van der Waals surface area contributed by atoms with E-state index in [2.05, 4.69) is 0 Å². The van der Waals surface area contributed by atoms with Crippen LogP contribution in [0.25, 0.3) is 5.76 Å². The molecule has 1 amide bonds. The molecule has 0 saturated carbocycles. The van der Waals surface area contributed by atoms with E-state index in [1.54, 1.807) is 56.7 Å². The Kier molecular flexibility index (Phi) is 7.12. The lowest BCUT2D eigenvalue weighted by Gasteiger charge is -2.26. The molecule has 180 valence electrons. The summed E-state index contributed by atoms with van der Waals surface area (Å²) >= 11 is 6.51. The number of Topliss-reactive ketones (excluding diaryl/α,β-unsaturated/α-hetero) is 1. The quantitative estimate of drug-likeness (QED) is 0.274. The highest BCUT2D eigenvalue weighted by Crippen LogP contribution is 2.42. The lowest BCUT2D eigenvalue weighted by molar-refractivity contribution is -0.139. The fraction of sp³-hybridized carbons (Fsp3) is 0.214. The number of aryl methyl sites for hydroxylation is 1. The number of ketones is 1. The predicted molar refractivity (Wildman–Crippen MR) is 135 cm³/mol. The van der Waals surface area contributed by atoms with Crippen LogP contribution < -0.4 is 9.47 Å². The first kappa shape index (κ1) is 24.4. The van der Waals surface area contributed by atoms with Crippen LogP contribution in [0.2, 0.25) is 5.02 Å². The molecule has 7 heteroatoms. The van der Waals surface area contributed by atoms with Gasteiger partial charge in [0.1, 0.15) is 5.76 Å². The van der Waals surface area contributed by atoms with Crippen LogP contribution in [-0.4, -0.2) is 42.5 Å². The normalized spacial score (nSPS) is 17.0. The molecule has 1 aliphatic rings. The first-order valence-corrected chi connectivity index (χ1v) is 11.5. The van der Waals surface area contributed by atoms with Crippen molar-refractivity contribution in [3.8, 4) is 11.5 Å². The first-order valence-electron chi connectivity index (χ1n) is 11.2. The monoisotopic (exact) mass is 491 g/mol. The van der Waals surface area contributed by atoms with Crippen molar-refractivity contribution < 1.29 is 24.2 Å².